The lowest BCUT2D eigenvalue weighted by Crippen LogP contribution is -2.49. The lowest BCUT2D eigenvalue weighted by atomic mass is 9.73. The molecule has 0 aromatic carbocycles. The number of hydrogen-bond acceptors (Lipinski definition) is 6. The highest BCUT2D eigenvalue weighted by atomic mass is 19.4. The average Bonchev–Trinajstić information content (AvgIpc) is 3.14. The van der Waals surface area contributed by atoms with Gasteiger partial charge < -0.3 is 10.2 Å². The Morgan fingerprint density at radius 2 is 1.94 bits per heavy atom. The van der Waals surface area contributed by atoms with E-state index in [1.807, 2.05) is 32.7 Å². The van der Waals surface area contributed by atoms with Crippen LogP contribution in [0, 0.1) is 24.7 Å². The number of fused-ring (bicyclic) bond motifs is 2. The highest BCUT2D eigenvalue weighted by molar-refractivity contribution is 6.03. The molecule has 1 amide bonds. The highest BCUT2D eigenvalue weighted by Crippen LogP contribution is 2.39. The van der Waals surface area contributed by atoms with Gasteiger partial charge in [0.2, 0.25) is 5.91 Å². The summed E-state index contributed by atoms with van der Waals surface area (Å²) >= 11 is 0. The van der Waals surface area contributed by atoms with Crippen molar-refractivity contribution in [1.82, 2.24) is 24.7 Å². The fourth-order valence-corrected chi connectivity index (χ4v) is 5.30. The molecule has 8 nitrogen and oxygen atoms in total. The van der Waals surface area contributed by atoms with Crippen molar-refractivity contribution in [3.8, 4) is 0 Å². The first-order chi connectivity index (χ1) is 16.5. The van der Waals surface area contributed by atoms with Crippen molar-refractivity contribution in [1.29, 1.82) is 0 Å². The van der Waals surface area contributed by atoms with Crippen molar-refractivity contribution >= 4 is 28.3 Å². The van der Waals surface area contributed by atoms with Crippen molar-refractivity contribution in [2.24, 2.45) is 17.8 Å². The fraction of sp³-hybridized carbons (Fsp3) is 0.542. The summed E-state index contributed by atoms with van der Waals surface area (Å²) in [6.07, 6.45) is 1.07. The molecule has 1 N–H and O–H groups in total. The largest absolute Gasteiger partial charge is 0.433 e. The van der Waals surface area contributed by atoms with E-state index in [0.29, 0.717) is 35.0 Å². The topological polar surface area (TPSA) is 88.8 Å². The van der Waals surface area contributed by atoms with E-state index in [9.17, 15) is 18.0 Å². The van der Waals surface area contributed by atoms with Crippen LogP contribution in [0.2, 0.25) is 0 Å². The van der Waals surface area contributed by atoms with Gasteiger partial charge in [0, 0.05) is 31.6 Å². The van der Waals surface area contributed by atoms with Gasteiger partial charge >= 0.3 is 6.18 Å². The Kier molecular flexibility index (Phi) is 5.68. The SMILES string of the molecule is Cc1nc(CC2CC(Cn3cc4cc(C(F)(F)F)ncc4n3)C2)nc2c1NC(=O)[C@H](C(C)C)N2C. The molecule has 1 saturated carbocycles. The van der Waals surface area contributed by atoms with Gasteiger partial charge in [0.15, 0.2) is 5.82 Å². The van der Waals surface area contributed by atoms with Crippen LogP contribution >= 0.6 is 0 Å². The Morgan fingerprint density at radius 1 is 1.20 bits per heavy atom. The number of amides is 1. The van der Waals surface area contributed by atoms with Crippen molar-refractivity contribution in [2.75, 3.05) is 17.3 Å². The molecule has 4 heterocycles. The maximum absolute atomic E-state index is 12.9. The van der Waals surface area contributed by atoms with Crippen LogP contribution in [0.1, 0.15) is 43.9 Å². The third kappa shape index (κ3) is 4.43. The molecule has 1 fully saturated rings. The Hall–Kier alpha value is -3.24. The van der Waals surface area contributed by atoms with Gasteiger partial charge in [-0.2, -0.15) is 18.3 Å². The van der Waals surface area contributed by atoms with E-state index in [1.165, 1.54) is 6.20 Å². The third-order valence-corrected chi connectivity index (χ3v) is 7.00. The summed E-state index contributed by atoms with van der Waals surface area (Å²) in [5.41, 5.74) is 0.998. The van der Waals surface area contributed by atoms with E-state index in [4.69, 9.17) is 4.98 Å². The molecule has 1 atom stereocenters. The predicted molar refractivity (Wildman–Crippen MR) is 125 cm³/mol. The molecule has 0 bridgehead atoms. The first kappa shape index (κ1) is 23.5. The van der Waals surface area contributed by atoms with Crippen molar-refractivity contribution in [3.05, 3.63) is 35.7 Å². The molecule has 186 valence electrons. The highest BCUT2D eigenvalue weighted by Gasteiger charge is 2.36. The summed E-state index contributed by atoms with van der Waals surface area (Å²) in [5, 5.41) is 7.80. The fourth-order valence-electron chi connectivity index (χ4n) is 5.30. The van der Waals surface area contributed by atoms with Crippen molar-refractivity contribution in [2.45, 2.75) is 58.8 Å². The minimum Gasteiger partial charge on any atom is -0.346 e. The third-order valence-electron chi connectivity index (χ3n) is 7.00. The number of likely N-dealkylation sites (N-methyl/N-ethyl adjacent to an activating group) is 1. The van der Waals surface area contributed by atoms with Gasteiger partial charge in [-0.05, 0) is 43.6 Å². The van der Waals surface area contributed by atoms with Crippen LogP contribution < -0.4 is 10.2 Å². The van der Waals surface area contributed by atoms with Gasteiger partial charge in [-0.25, -0.2) is 15.0 Å². The second kappa shape index (κ2) is 8.46. The number of nitrogens with one attached hydrogen (secondary N) is 1. The molecule has 0 spiro atoms. The normalized spacial score (nSPS) is 22.3. The summed E-state index contributed by atoms with van der Waals surface area (Å²) in [4.78, 5) is 27.4. The van der Waals surface area contributed by atoms with E-state index < -0.39 is 11.9 Å². The predicted octanol–water partition coefficient (Wildman–Crippen LogP) is 4.23. The molecular formula is C24H28F3N7O. The van der Waals surface area contributed by atoms with Gasteiger partial charge in [-0.3, -0.25) is 9.48 Å². The number of anilines is 2. The van der Waals surface area contributed by atoms with Crippen molar-refractivity contribution < 1.29 is 18.0 Å². The Balaban J connectivity index is 1.23. The number of aryl methyl sites for hydroxylation is 1. The van der Waals surface area contributed by atoms with E-state index in [-0.39, 0.29) is 17.9 Å². The molecule has 2 aliphatic rings. The second-order valence-electron chi connectivity index (χ2n) is 10.1. The van der Waals surface area contributed by atoms with E-state index in [1.54, 1.807) is 10.9 Å². The van der Waals surface area contributed by atoms with Crippen LogP contribution in [0.3, 0.4) is 0 Å². The van der Waals surface area contributed by atoms with Crippen LogP contribution in [0.15, 0.2) is 18.5 Å². The molecule has 1 aliphatic carbocycles. The lowest BCUT2D eigenvalue weighted by Gasteiger charge is -2.38. The van der Waals surface area contributed by atoms with Gasteiger partial charge in [0.1, 0.15) is 28.8 Å². The Bertz CT molecular complexity index is 1280. The van der Waals surface area contributed by atoms with Gasteiger partial charge in [0.25, 0.3) is 0 Å². The van der Waals surface area contributed by atoms with Gasteiger partial charge in [0.05, 0.1) is 11.9 Å². The Labute approximate surface area is 201 Å². The zero-order valence-electron chi connectivity index (χ0n) is 20.1. The number of carbonyl (C=O) groups excluding carboxylic acids is 1. The molecule has 0 radical (unpaired) electrons. The minimum atomic E-state index is -4.47. The van der Waals surface area contributed by atoms with Crippen LogP contribution in [0.4, 0.5) is 24.7 Å². The number of halogens is 3. The standard InChI is InChI=1S/C24H28F3N7O/c1-12(2)21-23(35)31-20-13(3)29-19(30-22(20)33(21)4)7-14-5-15(6-14)10-34-11-16-8-18(24(25,26)27)28-9-17(16)32-34/h8-9,11-12,14-15,21H,5-7,10H2,1-4H3,(H,31,35)/t14?,15?,21-/m0/s1. The quantitative estimate of drug-likeness (QED) is 0.580. The van der Waals surface area contributed by atoms with Crippen LogP contribution in [-0.2, 0) is 23.9 Å². The number of aromatic nitrogens is 5. The van der Waals surface area contributed by atoms with E-state index in [0.717, 1.165) is 42.7 Å². The molecule has 1 aliphatic heterocycles. The summed E-state index contributed by atoms with van der Waals surface area (Å²) in [5.74, 6) is 2.48. The van der Waals surface area contributed by atoms with Crippen molar-refractivity contribution in [3.63, 3.8) is 0 Å². The van der Waals surface area contributed by atoms with Gasteiger partial charge in [-0.1, -0.05) is 13.8 Å². The molecule has 3 aromatic heterocycles. The minimum absolute atomic E-state index is 0.0343. The number of alkyl halides is 3. The second-order valence-corrected chi connectivity index (χ2v) is 10.1. The number of pyridine rings is 1. The molecule has 11 heteroatoms. The molecule has 3 aromatic rings. The summed E-state index contributed by atoms with van der Waals surface area (Å²) in [7, 11) is 1.90. The van der Waals surface area contributed by atoms with E-state index >= 15 is 0 Å². The maximum atomic E-state index is 12.9. The lowest BCUT2D eigenvalue weighted by molar-refractivity contribution is -0.141. The van der Waals surface area contributed by atoms with Crippen LogP contribution in [-0.4, -0.2) is 43.7 Å². The number of nitrogens with zero attached hydrogens (tertiary/aromatic N) is 6. The zero-order valence-corrected chi connectivity index (χ0v) is 20.1. The maximum Gasteiger partial charge on any atom is 0.433 e. The monoisotopic (exact) mass is 487 g/mol. The smallest absolute Gasteiger partial charge is 0.346 e. The average molecular weight is 488 g/mol. The van der Waals surface area contributed by atoms with E-state index in [2.05, 4.69) is 20.4 Å². The van der Waals surface area contributed by atoms with Crippen LogP contribution in [0.25, 0.3) is 10.9 Å². The molecule has 0 unspecified atom stereocenters. The van der Waals surface area contributed by atoms with Gasteiger partial charge in [-0.15, -0.1) is 0 Å². The number of rotatable bonds is 5. The summed E-state index contributed by atoms with van der Waals surface area (Å²) in [6.45, 7) is 6.58. The number of carbonyl (C=O) groups is 1. The summed E-state index contributed by atoms with van der Waals surface area (Å²) in [6, 6.07) is 0.770. The number of hydrogen-bond donors (Lipinski definition) is 1. The zero-order chi connectivity index (χ0) is 25.1. The molecule has 0 saturated heterocycles. The molecular weight excluding hydrogens is 459 g/mol. The molecule has 5 rings (SSSR count). The van der Waals surface area contributed by atoms with Crippen LogP contribution in [0.5, 0.6) is 0 Å². The summed E-state index contributed by atoms with van der Waals surface area (Å²) < 4.78 is 40.4. The molecule has 35 heavy (non-hydrogen) atoms. The first-order valence-corrected chi connectivity index (χ1v) is 11.8. The Morgan fingerprint density at radius 3 is 2.63 bits per heavy atom. The first-order valence-electron chi connectivity index (χ1n) is 11.8.